The van der Waals surface area contributed by atoms with E-state index in [1.807, 2.05) is 22.6 Å². The third kappa shape index (κ3) is 1.23. The van der Waals surface area contributed by atoms with Gasteiger partial charge < -0.3 is 4.52 Å². The summed E-state index contributed by atoms with van der Waals surface area (Å²) in [4.78, 5) is 3.94. The number of nitrogens with zero attached hydrogens (tertiary/aromatic N) is 4. The van der Waals surface area contributed by atoms with Gasteiger partial charge in [-0.2, -0.15) is 20.4 Å². The third-order valence-corrected chi connectivity index (χ3v) is 1.47. The van der Waals surface area contributed by atoms with Crippen molar-refractivity contribution in [1.82, 2.24) is 25.6 Å². The van der Waals surface area contributed by atoms with E-state index < -0.39 is 0 Å². The highest BCUT2D eigenvalue weighted by molar-refractivity contribution is 14.1. The van der Waals surface area contributed by atoms with E-state index in [0.29, 0.717) is 15.4 Å². The second-order valence-electron chi connectivity index (χ2n) is 1.72. The van der Waals surface area contributed by atoms with Gasteiger partial charge in [0.25, 0.3) is 5.89 Å². The van der Waals surface area contributed by atoms with E-state index >= 15 is 0 Å². The highest BCUT2D eigenvalue weighted by Gasteiger charge is 2.08. The molecule has 0 saturated carbocycles. The van der Waals surface area contributed by atoms with Crippen LogP contribution in [-0.4, -0.2) is 25.6 Å². The van der Waals surface area contributed by atoms with Crippen molar-refractivity contribution in [3.8, 4) is 11.6 Å². The van der Waals surface area contributed by atoms with Crippen molar-refractivity contribution < 1.29 is 4.52 Å². The lowest BCUT2D eigenvalue weighted by Gasteiger charge is -1.77. The predicted octanol–water partition coefficient (Wildman–Crippen LogP) is 0.459. The molecule has 1 N–H and O–H groups in total. The smallest absolute Gasteiger partial charge is 0.280 e. The molecule has 6 nitrogen and oxygen atoms in total. The molecule has 7 heteroatoms. The van der Waals surface area contributed by atoms with Crippen LogP contribution in [0, 0.1) is 3.83 Å². The van der Waals surface area contributed by atoms with Crippen LogP contribution in [0.3, 0.4) is 0 Å². The highest BCUT2D eigenvalue weighted by Crippen LogP contribution is 2.11. The zero-order chi connectivity index (χ0) is 7.68. The number of halogens is 1. The summed E-state index contributed by atoms with van der Waals surface area (Å²) in [7, 11) is 0. The van der Waals surface area contributed by atoms with Gasteiger partial charge in [0.1, 0.15) is 0 Å². The number of hydrogen-bond donors (Lipinski definition) is 1. The molecule has 0 aliphatic rings. The Hall–Kier alpha value is -0.990. The molecular formula is C4H2IN5O. The molecule has 0 spiro atoms. The van der Waals surface area contributed by atoms with Gasteiger partial charge >= 0.3 is 0 Å². The van der Waals surface area contributed by atoms with E-state index in [1.165, 1.54) is 6.20 Å². The van der Waals surface area contributed by atoms with Gasteiger partial charge in [-0.3, -0.25) is 0 Å². The van der Waals surface area contributed by atoms with Crippen LogP contribution in [0.1, 0.15) is 0 Å². The first-order valence-corrected chi connectivity index (χ1v) is 3.79. The molecule has 0 amide bonds. The zero-order valence-corrected chi connectivity index (χ0v) is 7.31. The van der Waals surface area contributed by atoms with Crippen molar-refractivity contribution in [2.75, 3.05) is 0 Å². The van der Waals surface area contributed by atoms with Gasteiger partial charge in [-0.25, -0.2) is 0 Å². The molecule has 11 heavy (non-hydrogen) atoms. The van der Waals surface area contributed by atoms with Gasteiger partial charge in [0.05, 0.1) is 6.20 Å². The number of H-pyrrole nitrogens is 1. The van der Waals surface area contributed by atoms with Crippen LogP contribution in [-0.2, 0) is 0 Å². The Balaban J connectivity index is 2.45. The molecule has 2 aromatic heterocycles. The zero-order valence-electron chi connectivity index (χ0n) is 5.15. The van der Waals surface area contributed by atoms with Crippen LogP contribution < -0.4 is 0 Å². The molecule has 0 unspecified atom stereocenters. The van der Waals surface area contributed by atoms with Crippen LogP contribution in [0.4, 0.5) is 0 Å². The maximum absolute atomic E-state index is 4.82. The van der Waals surface area contributed by atoms with Crippen molar-refractivity contribution in [3.05, 3.63) is 10.0 Å². The summed E-state index contributed by atoms with van der Waals surface area (Å²) in [5.74, 6) is 0.378. The van der Waals surface area contributed by atoms with E-state index in [-0.39, 0.29) is 0 Å². The monoisotopic (exact) mass is 263 g/mol. The van der Waals surface area contributed by atoms with Crippen LogP contribution in [0.15, 0.2) is 10.7 Å². The third-order valence-electron chi connectivity index (χ3n) is 1.04. The Labute approximate surface area is 74.5 Å². The number of hydrogen-bond acceptors (Lipinski definition) is 5. The maximum atomic E-state index is 4.82. The minimum atomic E-state index is 0.378. The Morgan fingerprint density at radius 3 is 3.00 bits per heavy atom. The molecule has 2 rings (SSSR count). The number of rotatable bonds is 1. The SMILES string of the molecule is Ic1noc(-c2cn[nH]n2)n1. The molecule has 0 aliphatic carbocycles. The summed E-state index contributed by atoms with van der Waals surface area (Å²) < 4.78 is 5.37. The van der Waals surface area contributed by atoms with E-state index in [0.717, 1.165) is 0 Å². The molecule has 2 heterocycles. The standard InChI is InChI=1S/C4H2IN5O/c5-4-7-3(11-9-4)2-1-6-10-8-2/h1H,(H,6,8,10). The van der Waals surface area contributed by atoms with Crippen molar-refractivity contribution in [2.45, 2.75) is 0 Å². The molecule has 0 bridgehead atoms. The van der Waals surface area contributed by atoms with Crippen molar-refractivity contribution in [3.63, 3.8) is 0 Å². The molecular weight excluding hydrogens is 261 g/mol. The summed E-state index contributed by atoms with van der Waals surface area (Å²) in [5, 5.41) is 13.4. The van der Waals surface area contributed by atoms with Crippen molar-refractivity contribution >= 4 is 22.6 Å². The first-order chi connectivity index (χ1) is 5.36. The second kappa shape index (κ2) is 2.57. The summed E-state index contributed by atoms with van der Waals surface area (Å²) in [6.45, 7) is 0. The van der Waals surface area contributed by atoms with Gasteiger partial charge in [0.2, 0.25) is 3.83 Å². The lowest BCUT2D eigenvalue weighted by Crippen LogP contribution is -1.77. The van der Waals surface area contributed by atoms with Crippen molar-refractivity contribution in [1.29, 1.82) is 0 Å². The molecule has 0 aromatic carbocycles. The predicted molar refractivity (Wildman–Crippen MR) is 42.4 cm³/mol. The van der Waals surface area contributed by atoms with Crippen LogP contribution >= 0.6 is 22.6 Å². The molecule has 0 fully saturated rings. The minimum absolute atomic E-state index is 0.378. The topological polar surface area (TPSA) is 80.5 Å². The first-order valence-electron chi connectivity index (χ1n) is 2.71. The lowest BCUT2D eigenvalue weighted by atomic mass is 10.5. The van der Waals surface area contributed by atoms with E-state index in [4.69, 9.17) is 4.52 Å². The lowest BCUT2D eigenvalue weighted by molar-refractivity contribution is 0.424. The minimum Gasteiger partial charge on any atom is -0.331 e. The van der Waals surface area contributed by atoms with Gasteiger partial charge in [-0.1, -0.05) is 5.16 Å². The Morgan fingerprint density at radius 2 is 2.45 bits per heavy atom. The Kier molecular flexibility index (Phi) is 1.56. The fourth-order valence-corrected chi connectivity index (χ4v) is 0.932. The maximum Gasteiger partial charge on any atom is 0.280 e. The number of aromatic amines is 1. The van der Waals surface area contributed by atoms with E-state index in [9.17, 15) is 0 Å². The molecule has 0 atom stereocenters. The average molecular weight is 263 g/mol. The normalized spacial score (nSPS) is 10.3. The van der Waals surface area contributed by atoms with E-state index in [2.05, 4.69) is 25.6 Å². The Morgan fingerprint density at radius 1 is 1.55 bits per heavy atom. The van der Waals surface area contributed by atoms with Crippen molar-refractivity contribution in [2.24, 2.45) is 0 Å². The number of nitrogens with one attached hydrogen (secondary N) is 1. The van der Waals surface area contributed by atoms with Crippen LogP contribution in [0.25, 0.3) is 11.6 Å². The average Bonchev–Trinajstić information content (AvgIpc) is 2.55. The fraction of sp³-hybridized carbons (Fsp3) is 0. The van der Waals surface area contributed by atoms with Gasteiger partial charge in [0, 0.05) is 22.6 Å². The molecule has 0 saturated heterocycles. The highest BCUT2D eigenvalue weighted by atomic mass is 127. The molecule has 0 aliphatic heterocycles. The molecule has 0 radical (unpaired) electrons. The Bertz CT molecular complexity index is 341. The largest absolute Gasteiger partial charge is 0.331 e. The summed E-state index contributed by atoms with van der Waals surface area (Å²) in [5.41, 5.74) is 0.556. The van der Waals surface area contributed by atoms with Gasteiger partial charge in [-0.15, -0.1) is 0 Å². The van der Waals surface area contributed by atoms with Gasteiger partial charge in [-0.05, 0) is 0 Å². The van der Waals surface area contributed by atoms with Gasteiger partial charge in [0.15, 0.2) is 5.69 Å². The first kappa shape index (κ1) is 6.70. The quantitative estimate of drug-likeness (QED) is 0.756. The number of aromatic nitrogens is 5. The van der Waals surface area contributed by atoms with Crippen LogP contribution in [0.2, 0.25) is 0 Å². The summed E-state index contributed by atoms with van der Waals surface area (Å²) >= 11 is 1.95. The summed E-state index contributed by atoms with van der Waals surface area (Å²) in [6.07, 6.45) is 1.52. The molecule has 56 valence electrons. The van der Waals surface area contributed by atoms with E-state index in [1.54, 1.807) is 0 Å². The fourth-order valence-electron chi connectivity index (χ4n) is 0.614. The van der Waals surface area contributed by atoms with Crippen LogP contribution in [0.5, 0.6) is 0 Å². The summed E-state index contributed by atoms with van der Waals surface area (Å²) in [6, 6.07) is 0. The second-order valence-corrected chi connectivity index (χ2v) is 2.69. The molecule has 2 aromatic rings.